The second kappa shape index (κ2) is 7.28. The first kappa shape index (κ1) is 18.5. The van der Waals surface area contributed by atoms with Crippen molar-refractivity contribution in [2.24, 2.45) is 5.92 Å². The molecule has 1 saturated carbocycles. The number of nitrogens with zero attached hydrogens (tertiary/aromatic N) is 4. The molecule has 3 aromatic rings. The van der Waals surface area contributed by atoms with Crippen molar-refractivity contribution in [3.8, 4) is 17.0 Å². The van der Waals surface area contributed by atoms with E-state index in [1.165, 1.54) is 0 Å². The van der Waals surface area contributed by atoms with Gasteiger partial charge in [-0.3, -0.25) is 9.97 Å². The van der Waals surface area contributed by atoms with Crippen molar-refractivity contribution in [2.75, 3.05) is 6.61 Å². The molecule has 2 unspecified atom stereocenters. The quantitative estimate of drug-likeness (QED) is 0.707. The molecule has 0 bridgehead atoms. The standard InChI is InChI=1S/C22H24N4O2/c1-14-24-12-18(15-7-8-20(25-11-15)22(2,3)27)21(26-14)28-13-16-10-17(16)19-6-4-5-9-23-19/h4-9,11-12,16-17,27H,10,13H2,1-3H3. The smallest absolute Gasteiger partial charge is 0.224 e. The normalized spacial score (nSPS) is 18.7. The van der Waals surface area contributed by atoms with Gasteiger partial charge in [-0.15, -0.1) is 0 Å². The molecule has 28 heavy (non-hydrogen) atoms. The number of hydrogen-bond acceptors (Lipinski definition) is 6. The van der Waals surface area contributed by atoms with E-state index < -0.39 is 5.60 Å². The predicted molar refractivity (Wildman–Crippen MR) is 106 cm³/mol. The van der Waals surface area contributed by atoms with Crippen LogP contribution in [0.25, 0.3) is 11.1 Å². The van der Waals surface area contributed by atoms with E-state index >= 15 is 0 Å². The van der Waals surface area contributed by atoms with Crippen LogP contribution >= 0.6 is 0 Å². The van der Waals surface area contributed by atoms with Gasteiger partial charge in [0.15, 0.2) is 0 Å². The van der Waals surface area contributed by atoms with Crippen LogP contribution in [0.1, 0.15) is 43.4 Å². The Morgan fingerprint density at radius 2 is 1.96 bits per heavy atom. The average molecular weight is 376 g/mol. The lowest BCUT2D eigenvalue weighted by Gasteiger charge is -2.17. The molecule has 144 valence electrons. The molecule has 0 aromatic carbocycles. The van der Waals surface area contributed by atoms with Crippen LogP contribution in [0.4, 0.5) is 0 Å². The molecule has 6 heteroatoms. The molecule has 1 aliphatic carbocycles. The summed E-state index contributed by atoms with van der Waals surface area (Å²) in [6.45, 7) is 5.87. The minimum atomic E-state index is -0.978. The van der Waals surface area contributed by atoms with Gasteiger partial charge in [0.1, 0.15) is 11.4 Å². The SMILES string of the molecule is Cc1ncc(-c2ccc(C(C)(C)O)nc2)c(OCC2CC2c2ccccn2)n1. The van der Waals surface area contributed by atoms with Gasteiger partial charge in [0.25, 0.3) is 0 Å². The van der Waals surface area contributed by atoms with Gasteiger partial charge in [-0.2, -0.15) is 4.98 Å². The van der Waals surface area contributed by atoms with Gasteiger partial charge in [0, 0.05) is 41.7 Å². The van der Waals surface area contributed by atoms with E-state index in [2.05, 4.69) is 26.0 Å². The third kappa shape index (κ3) is 4.02. The zero-order valence-corrected chi connectivity index (χ0v) is 16.3. The predicted octanol–water partition coefficient (Wildman–Crippen LogP) is 3.65. The maximum absolute atomic E-state index is 10.1. The number of aromatic nitrogens is 4. The molecular weight excluding hydrogens is 352 g/mol. The first-order valence-electron chi connectivity index (χ1n) is 9.48. The molecule has 0 spiro atoms. The van der Waals surface area contributed by atoms with Gasteiger partial charge in [0.2, 0.25) is 5.88 Å². The number of rotatable bonds is 6. The molecule has 0 amide bonds. The maximum atomic E-state index is 10.1. The minimum Gasteiger partial charge on any atom is -0.477 e. The largest absolute Gasteiger partial charge is 0.477 e. The van der Waals surface area contributed by atoms with E-state index in [0.29, 0.717) is 35.8 Å². The van der Waals surface area contributed by atoms with Crippen molar-refractivity contribution in [1.29, 1.82) is 0 Å². The molecule has 6 nitrogen and oxygen atoms in total. The van der Waals surface area contributed by atoms with Crippen molar-refractivity contribution in [2.45, 2.75) is 38.7 Å². The lowest BCUT2D eigenvalue weighted by atomic mass is 10.0. The van der Waals surface area contributed by atoms with Crippen molar-refractivity contribution >= 4 is 0 Å². The van der Waals surface area contributed by atoms with Crippen molar-refractivity contribution in [3.63, 3.8) is 0 Å². The number of hydrogen-bond donors (Lipinski definition) is 1. The van der Waals surface area contributed by atoms with Crippen molar-refractivity contribution in [1.82, 2.24) is 19.9 Å². The van der Waals surface area contributed by atoms with Crippen LogP contribution in [0, 0.1) is 12.8 Å². The zero-order chi connectivity index (χ0) is 19.7. The number of aryl methyl sites for hydroxylation is 1. The average Bonchev–Trinajstić information content (AvgIpc) is 3.46. The molecular formula is C22H24N4O2. The highest BCUT2D eigenvalue weighted by Gasteiger charge is 2.40. The Hall–Kier alpha value is -2.86. The fourth-order valence-corrected chi connectivity index (χ4v) is 3.25. The van der Waals surface area contributed by atoms with Crippen LogP contribution in [-0.4, -0.2) is 31.6 Å². The third-order valence-corrected chi connectivity index (χ3v) is 5.00. The Labute approximate surface area is 164 Å². The number of ether oxygens (including phenoxy) is 1. The summed E-state index contributed by atoms with van der Waals surface area (Å²) >= 11 is 0. The zero-order valence-electron chi connectivity index (χ0n) is 16.3. The second-order valence-corrected chi connectivity index (χ2v) is 7.80. The molecule has 1 aliphatic rings. The van der Waals surface area contributed by atoms with E-state index in [1.807, 2.05) is 37.4 Å². The lowest BCUT2D eigenvalue weighted by Crippen LogP contribution is -2.17. The number of aliphatic hydroxyl groups is 1. The summed E-state index contributed by atoms with van der Waals surface area (Å²) in [6.07, 6.45) is 6.41. The van der Waals surface area contributed by atoms with E-state index in [-0.39, 0.29) is 0 Å². The molecule has 0 radical (unpaired) electrons. The van der Waals surface area contributed by atoms with E-state index in [1.54, 1.807) is 26.2 Å². The van der Waals surface area contributed by atoms with Crippen molar-refractivity contribution in [3.05, 3.63) is 66.1 Å². The Balaban J connectivity index is 1.50. The van der Waals surface area contributed by atoms with Crippen LogP contribution in [0.2, 0.25) is 0 Å². The molecule has 1 fully saturated rings. The molecule has 3 heterocycles. The maximum Gasteiger partial charge on any atom is 0.224 e. The Kier molecular flexibility index (Phi) is 4.81. The Morgan fingerprint density at radius 3 is 2.64 bits per heavy atom. The van der Waals surface area contributed by atoms with Crippen LogP contribution < -0.4 is 4.74 Å². The van der Waals surface area contributed by atoms with Crippen LogP contribution in [0.3, 0.4) is 0 Å². The molecule has 2 atom stereocenters. The fourth-order valence-electron chi connectivity index (χ4n) is 3.25. The highest BCUT2D eigenvalue weighted by atomic mass is 16.5. The van der Waals surface area contributed by atoms with Crippen LogP contribution in [-0.2, 0) is 5.60 Å². The topological polar surface area (TPSA) is 81.0 Å². The van der Waals surface area contributed by atoms with Crippen molar-refractivity contribution < 1.29 is 9.84 Å². The van der Waals surface area contributed by atoms with E-state index in [0.717, 1.165) is 23.2 Å². The summed E-state index contributed by atoms with van der Waals surface area (Å²) < 4.78 is 6.09. The third-order valence-electron chi connectivity index (χ3n) is 5.00. The van der Waals surface area contributed by atoms with Gasteiger partial charge in [-0.1, -0.05) is 12.1 Å². The van der Waals surface area contributed by atoms with Crippen LogP contribution in [0.5, 0.6) is 5.88 Å². The Bertz CT molecular complexity index is 953. The summed E-state index contributed by atoms with van der Waals surface area (Å²) in [5, 5.41) is 10.1. The highest BCUT2D eigenvalue weighted by Crippen LogP contribution is 2.46. The van der Waals surface area contributed by atoms with Gasteiger partial charge in [-0.25, -0.2) is 4.98 Å². The highest BCUT2D eigenvalue weighted by molar-refractivity contribution is 5.67. The number of pyridine rings is 2. The van der Waals surface area contributed by atoms with Gasteiger partial charge in [0.05, 0.1) is 17.9 Å². The second-order valence-electron chi connectivity index (χ2n) is 7.80. The summed E-state index contributed by atoms with van der Waals surface area (Å²) in [6, 6.07) is 9.76. The summed E-state index contributed by atoms with van der Waals surface area (Å²) in [5.74, 6) is 2.14. The fraction of sp³-hybridized carbons (Fsp3) is 0.364. The van der Waals surface area contributed by atoms with Crippen LogP contribution in [0.15, 0.2) is 48.9 Å². The van der Waals surface area contributed by atoms with Gasteiger partial charge in [-0.05, 0) is 45.4 Å². The molecule has 4 rings (SSSR count). The molecule has 0 aliphatic heterocycles. The first-order valence-corrected chi connectivity index (χ1v) is 9.48. The minimum absolute atomic E-state index is 0.453. The Morgan fingerprint density at radius 1 is 1.11 bits per heavy atom. The molecule has 0 saturated heterocycles. The van der Waals surface area contributed by atoms with E-state index in [9.17, 15) is 5.11 Å². The van der Waals surface area contributed by atoms with Gasteiger partial charge < -0.3 is 9.84 Å². The molecule has 1 N–H and O–H groups in total. The monoisotopic (exact) mass is 376 g/mol. The summed E-state index contributed by atoms with van der Waals surface area (Å²) in [7, 11) is 0. The van der Waals surface area contributed by atoms with E-state index in [4.69, 9.17) is 4.74 Å². The summed E-state index contributed by atoms with van der Waals surface area (Å²) in [5.41, 5.74) is 2.42. The first-order chi connectivity index (χ1) is 13.4. The lowest BCUT2D eigenvalue weighted by molar-refractivity contribution is 0.0739. The molecule has 3 aromatic heterocycles. The van der Waals surface area contributed by atoms with Gasteiger partial charge >= 0.3 is 0 Å². The summed E-state index contributed by atoms with van der Waals surface area (Å²) in [4.78, 5) is 17.6.